The van der Waals surface area contributed by atoms with Gasteiger partial charge in [0.25, 0.3) is 0 Å². The standard InChI is InChI=1S/C19H26N4O2/c1-3-25-13-18(24)22-9-7-17(8-10-22)19-20-14-21-23(19)12-16-6-4-5-15(2)11-16/h4-6,11,14,17H,3,7-10,12-13H2,1-2H3. The molecule has 1 saturated heterocycles. The lowest BCUT2D eigenvalue weighted by molar-refractivity contribution is -0.137. The van der Waals surface area contributed by atoms with Crippen LogP contribution in [0.5, 0.6) is 0 Å². The molecular formula is C19H26N4O2. The van der Waals surface area contributed by atoms with Crippen LogP contribution in [0.4, 0.5) is 0 Å². The predicted octanol–water partition coefficient (Wildman–Crippen LogP) is 2.38. The molecule has 25 heavy (non-hydrogen) atoms. The molecule has 1 amide bonds. The number of nitrogens with zero attached hydrogens (tertiary/aromatic N) is 4. The highest BCUT2D eigenvalue weighted by Gasteiger charge is 2.26. The average molecular weight is 342 g/mol. The van der Waals surface area contributed by atoms with Crippen LogP contribution in [0.25, 0.3) is 0 Å². The highest BCUT2D eigenvalue weighted by Crippen LogP contribution is 2.27. The average Bonchev–Trinajstić information content (AvgIpc) is 3.08. The lowest BCUT2D eigenvalue weighted by atomic mass is 9.96. The lowest BCUT2D eigenvalue weighted by Gasteiger charge is -2.31. The maximum atomic E-state index is 12.1. The topological polar surface area (TPSA) is 60.2 Å². The second kappa shape index (κ2) is 8.25. The molecule has 134 valence electrons. The van der Waals surface area contributed by atoms with Gasteiger partial charge in [-0.05, 0) is 32.3 Å². The van der Waals surface area contributed by atoms with Crippen molar-refractivity contribution in [1.29, 1.82) is 0 Å². The van der Waals surface area contributed by atoms with Crippen LogP contribution in [-0.4, -0.2) is 51.9 Å². The van der Waals surface area contributed by atoms with Gasteiger partial charge < -0.3 is 9.64 Å². The minimum Gasteiger partial charge on any atom is -0.372 e. The lowest BCUT2D eigenvalue weighted by Crippen LogP contribution is -2.40. The van der Waals surface area contributed by atoms with Crippen LogP contribution in [0.1, 0.15) is 42.6 Å². The molecule has 0 bridgehead atoms. The van der Waals surface area contributed by atoms with Gasteiger partial charge in [-0.2, -0.15) is 5.10 Å². The number of aryl methyl sites for hydroxylation is 1. The van der Waals surface area contributed by atoms with Crippen molar-refractivity contribution in [1.82, 2.24) is 19.7 Å². The molecule has 1 fully saturated rings. The largest absolute Gasteiger partial charge is 0.372 e. The molecule has 0 saturated carbocycles. The second-order valence-electron chi connectivity index (χ2n) is 6.56. The number of rotatable bonds is 6. The molecule has 3 rings (SSSR count). The number of benzene rings is 1. The molecule has 1 aliphatic heterocycles. The highest BCUT2D eigenvalue weighted by atomic mass is 16.5. The van der Waals surface area contributed by atoms with Crippen molar-refractivity contribution in [3.05, 3.63) is 47.5 Å². The molecule has 0 N–H and O–H groups in total. The van der Waals surface area contributed by atoms with E-state index in [1.165, 1.54) is 11.1 Å². The summed E-state index contributed by atoms with van der Waals surface area (Å²) in [5, 5.41) is 4.42. The third-order valence-corrected chi connectivity index (χ3v) is 4.70. The zero-order chi connectivity index (χ0) is 17.6. The fourth-order valence-electron chi connectivity index (χ4n) is 3.36. The number of likely N-dealkylation sites (tertiary alicyclic amines) is 1. The quantitative estimate of drug-likeness (QED) is 0.809. The Hall–Kier alpha value is -2.21. The number of aromatic nitrogens is 3. The molecular weight excluding hydrogens is 316 g/mol. The zero-order valence-electron chi connectivity index (χ0n) is 15.0. The van der Waals surface area contributed by atoms with E-state index in [1.807, 2.05) is 16.5 Å². The van der Waals surface area contributed by atoms with Gasteiger partial charge in [0.05, 0.1) is 6.54 Å². The Morgan fingerprint density at radius 2 is 2.12 bits per heavy atom. The number of hydrogen-bond acceptors (Lipinski definition) is 4. The first-order valence-electron chi connectivity index (χ1n) is 8.96. The third kappa shape index (κ3) is 4.45. The van der Waals surface area contributed by atoms with Crippen molar-refractivity contribution in [2.45, 2.75) is 39.2 Å². The summed E-state index contributed by atoms with van der Waals surface area (Å²) in [7, 11) is 0. The van der Waals surface area contributed by atoms with Gasteiger partial charge in [0.15, 0.2) is 0 Å². The number of carbonyl (C=O) groups excluding carboxylic acids is 1. The zero-order valence-corrected chi connectivity index (χ0v) is 15.0. The van der Waals surface area contributed by atoms with E-state index in [2.05, 4.69) is 41.3 Å². The maximum absolute atomic E-state index is 12.1. The number of amides is 1. The smallest absolute Gasteiger partial charge is 0.248 e. The van der Waals surface area contributed by atoms with Crippen molar-refractivity contribution >= 4 is 5.91 Å². The van der Waals surface area contributed by atoms with E-state index in [0.29, 0.717) is 12.5 Å². The first-order valence-corrected chi connectivity index (χ1v) is 8.96. The van der Waals surface area contributed by atoms with Gasteiger partial charge in [0, 0.05) is 25.6 Å². The van der Waals surface area contributed by atoms with Crippen LogP contribution in [0.2, 0.25) is 0 Å². The van der Waals surface area contributed by atoms with E-state index in [0.717, 1.165) is 38.3 Å². The van der Waals surface area contributed by atoms with E-state index in [-0.39, 0.29) is 12.5 Å². The second-order valence-corrected chi connectivity index (χ2v) is 6.56. The minimum absolute atomic E-state index is 0.0847. The van der Waals surface area contributed by atoms with E-state index < -0.39 is 0 Å². The SMILES string of the molecule is CCOCC(=O)N1CCC(c2ncnn2Cc2cccc(C)c2)CC1. The number of hydrogen-bond donors (Lipinski definition) is 0. The maximum Gasteiger partial charge on any atom is 0.248 e. The van der Waals surface area contributed by atoms with Crippen LogP contribution in [0.15, 0.2) is 30.6 Å². The van der Waals surface area contributed by atoms with Crippen LogP contribution >= 0.6 is 0 Å². The van der Waals surface area contributed by atoms with Crippen molar-refractivity contribution in [2.24, 2.45) is 0 Å². The molecule has 0 radical (unpaired) electrons. The van der Waals surface area contributed by atoms with Gasteiger partial charge in [-0.3, -0.25) is 4.79 Å². The molecule has 0 unspecified atom stereocenters. The van der Waals surface area contributed by atoms with Crippen molar-refractivity contribution < 1.29 is 9.53 Å². The predicted molar refractivity (Wildman–Crippen MR) is 95.4 cm³/mol. The van der Waals surface area contributed by atoms with Crippen molar-refractivity contribution in [3.8, 4) is 0 Å². The molecule has 2 aromatic rings. The Labute approximate surface area is 148 Å². The molecule has 6 heteroatoms. The van der Waals surface area contributed by atoms with Gasteiger partial charge >= 0.3 is 0 Å². The van der Waals surface area contributed by atoms with Gasteiger partial charge in [-0.25, -0.2) is 9.67 Å². The Bertz CT molecular complexity index is 705. The van der Waals surface area contributed by atoms with E-state index in [1.54, 1.807) is 6.33 Å². The summed E-state index contributed by atoms with van der Waals surface area (Å²) >= 11 is 0. The van der Waals surface area contributed by atoms with Crippen LogP contribution in [0, 0.1) is 6.92 Å². The molecule has 2 heterocycles. The molecule has 0 atom stereocenters. The first-order chi connectivity index (χ1) is 12.2. The third-order valence-electron chi connectivity index (χ3n) is 4.70. The van der Waals surface area contributed by atoms with Crippen LogP contribution in [-0.2, 0) is 16.1 Å². The Morgan fingerprint density at radius 1 is 1.32 bits per heavy atom. The van der Waals surface area contributed by atoms with Gasteiger partial charge in [0.2, 0.25) is 5.91 Å². The first kappa shape index (κ1) is 17.6. The Morgan fingerprint density at radius 3 is 2.84 bits per heavy atom. The number of piperidine rings is 1. The summed E-state index contributed by atoms with van der Waals surface area (Å²) in [4.78, 5) is 18.5. The van der Waals surface area contributed by atoms with Gasteiger partial charge in [-0.1, -0.05) is 29.8 Å². The highest BCUT2D eigenvalue weighted by molar-refractivity contribution is 5.77. The molecule has 0 aliphatic carbocycles. The van der Waals surface area contributed by atoms with Crippen LogP contribution < -0.4 is 0 Å². The van der Waals surface area contributed by atoms with E-state index in [4.69, 9.17) is 4.74 Å². The minimum atomic E-state index is 0.0847. The Balaban J connectivity index is 1.61. The van der Waals surface area contributed by atoms with Crippen LogP contribution in [0.3, 0.4) is 0 Å². The van der Waals surface area contributed by atoms with Crippen molar-refractivity contribution in [2.75, 3.05) is 26.3 Å². The molecule has 1 aromatic carbocycles. The summed E-state index contributed by atoms with van der Waals surface area (Å²) in [5.74, 6) is 1.46. The molecule has 0 spiro atoms. The molecule has 1 aromatic heterocycles. The van der Waals surface area contributed by atoms with Gasteiger partial charge in [0.1, 0.15) is 18.8 Å². The van der Waals surface area contributed by atoms with Crippen molar-refractivity contribution in [3.63, 3.8) is 0 Å². The fraction of sp³-hybridized carbons (Fsp3) is 0.526. The van der Waals surface area contributed by atoms with E-state index in [9.17, 15) is 4.79 Å². The monoisotopic (exact) mass is 342 g/mol. The molecule has 6 nitrogen and oxygen atoms in total. The summed E-state index contributed by atoms with van der Waals surface area (Å²) in [6.45, 7) is 7.01. The Kier molecular flexibility index (Phi) is 5.81. The fourth-order valence-corrected chi connectivity index (χ4v) is 3.36. The number of ether oxygens (including phenoxy) is 1. The normalized spacial score (nSPS) is 15.5. The molecule has 1 aliphatic rings. The number of carbonyl (C=O) groups is 1. The summed E-state index contributed by atoms with van der Waals surface area (Å²) < 4.78 is 7.22. The summed E-state index contributed by atoms with van der Waals surface area (Å²) in [6, 6.07) is 8.47. The summed E-state index contributed by atoms with van der Waals surface area (Å²) in [6.07, 6.45) is 3.48. The summed E-state index contributed by atoms with van der Waals surface area (Å²) in [5.41, 5.74) is 2.48. The van der Waals surface area contributed by atoms with Gasteiger partial charge in [-0.15, -0.1) is 0 Å². The van der Waals surface area contributed by atoms with E-state index >= 15 is 0 Å².